The number of hydrogen-bond acceptors (Lipinski definition) is 12. The molecule has 0 aliphatic rings. The molecular formula is C121H194N8OS4. The summed E-state index contributed by atoms with van der Waals surface area (Å²) in [6.45, 7) is 68.7. The first kappa shape index (κ1) is 154. The third-order valence-electron chi connectivity index (χ3n) is 15.0. The van der Waals surface area contributed by atoms with Crippen molar-refractivity contribution in [3.05, 3.63) is 381 Å². The summed E-state index contributed by atoms with van der Waals surface area (Å²) in [4.78, 5) is 28.6. The third kappa shape index (κ3) is 65.6. The minimum atomic E-state index is 0. The number of aromatic nitrogens is 8. The Bertz CT molecular complexity index is 5030. The fourth-order valence-electron chi connectivity index (χ4n) is 9.98. The molecule has 0 unspecified atom stereocenters. The number of pyridine rings is 3. The van der Waals surface area contributed by atoms with E-state index in [0.717, 1.165) is 44.5 Å². The van der Waals surface area contributed by atoms with Crippen LogP contribution in [-0.2, 0) is 0 Å². The van der Waals surface area contributed by atoms with E-state index in [2.05, 4.69) is 225 Å². The lowest BCUT2D eigenvalue weighted by Gasteiger charge is -2.04. The largest absolute Gasteiger partial charge is 0.464 e. The molecule has 0 aliphatic heterocycles. The van der Waals surface area contributed by atoms with Crippen molar-refractivity contribution in [3.8, 4) is 5.69 Å². The normalized spacial score (nSPS) is 8.07. The summed E-state index contributed by atoms with van der Waals surface area (Å²) in [5.74, 6) is 0.822. The van der Waals surface area contributed by atoms with Crippen LogP contribution in [0.1, 0.15) is 291 Å². The number of hydrogen-bond donors (Lipinski definition) is 0. The van der Waals surface area contributed by atoms with Crippen molar-refractivity contribution in [2.45, 2.75) is 310 Å². The molecule has 134 heavy (non-hydrogen) atoms. The Balaban J connectivity index is -0.0000000964. The van der Waals surface area contributed by atoms with E-state index < -0.39 is 0 Å². The predicted octanol–water partition coefficient (Wildman–Crippen LogP) is 43.2. The van der Waals surface area contributed by atoms with Crippen LogP contribution in [-0.4, -0.2) is 38.8 Å². The van der Waals surface area contributed by atoms with Gasteiger partial charge in [0.2, 0.25) is 0 Å². The minimum absolute atomic E-state index is 0. The number of fused-ring (bicyclic) bond motifs is 6. The molecule has 9 nitrogen and oxygen atoms in total. The Morgan fingerprint density at radius 1 is 0.306 bits per heavy atom. The van der Waals surface area contributed by atoms with E-state index in [-0.39, 0.29) is 74.3 Å². The van der Waals surface area contributed by atoms with Crippen LogP contribution in [0, 0.1) is 83.1 Å². The van der Waals surface area contributed by atoms with E-state index in [1.165, 1.54) is 89.8 Å². The summed E-state index contributed by atoms with van der Waals surface area (Å²) < 4.78 is 14.3. The molecule has 0 amide bonds. The lowest BCUT2D eigenvalue weighted by Crippen LogP contribution is -1.90. The van der Waals surface area contributed by atoms with Gasteiger partial charge in [0, 0.05) is 95.8 Å². The van der Waals surface area contributed by atoms with Crippen molar-refractivity contribution in [3.63, 3.8) is 0 Å². The van der Waals surface area contributed by atoms with E-state index in [0.29, 0.717) is 0 Å². The van der Waals surface area contributed by atoms with Gasteiger partial charge in [-0.2, -0.15) is 4.37 Å². The zero-order valence-corrected chi connectivity index (χ0v) is 85.4. The average Bonchev–Trinajstić information content (AvgIpc) is 1.65. The van der Waals surface area contributed by atoms with Gasteiger partial charge < -0.3 is 8.98 Å². The molecule has 10 aromatic heterocycles. The lowest BCUT2D eigenvalue weighted by atomic mass is 10.1. The lowest BCUT2D eigenvalue weighted by molar-refractivity contribution is 0.613. The van der Waals surface area contributed by atoms with Gasteiger partial charge in [0.25, 0.3) is 0 Å². The summed E-state index contributed by atoms with van der Waals surface area (Å²) in [6.07, 6.45) is 12.8. The topological polar surface area (TPSA) is 108 Å². The van der Waals surface area contributed by atoms with Crippen LogP contribution in [0.4, 0.5) is 0 Å². The number of nitrogens with zero attached hydrogens (tertiary/aromatic N) is 8. The SMILES string of the molecule is C.C.C.C.C.C.C.C.C.C.CC.CC.CC.CC.CC.CC.CC.CC.CC.CC.CC.Cc1cc2ccccc2cn1.Cc1ccc(C)s1.Cc1ccc2ccccc2n1.Cc1ccccc1.Cc1cn(-c2ccccc2)c2ccccc12.Cc1coc2ccccc12.Cc1csc(C)c1.Cc1nc2ccccc2s1.Cc1ncccn1.Cc1nsc2ccccc12.c1ccncc1. The summed E-state index contributed by atoms with van der Waals surface area (Å²) in [6, 6.07) is 90.3. The first-order valence-corrected chi connectivity index (χ1v) is 47.8. The highest BCUT2D eigenvalue weighted by atomic mass is 32.1. The molecule has 18 rings (SSSR count). The first-order chi connectivity index (χ1) is 60.6. The zero-order chi connectivity index (χ0) is 94.3. The molecule has 0 saturated carbocycles. The van der Waals surface area contributed by atoms with E-state index in [1.54, 1.807) is 71.3 Å². The van der Waals surface area contributed by atoms with Crippen LogP contribution in [0.2, 0.25) is 0 Å². The third-order valence-corrected chi connectivity index (χ3v) is 18.8. The van der Waals surface area contributed by atoms with Gasteiger partial charge in [-0.3, -0.25) is 15.0 Å². The van der Waals surface area contributed by atoms with Crippen molar-refractivity contribution < 1.29 is 4.42 Å². The fourth-order valence-corrected chi connectivity index (χ4v) is 13.1. The Labute approximate surface area is 842 Å². The highest BCUT2D eigenvalue weighted by molar-refractivity contribution is 7.18. The van der Waals surface area contributed by atoms with Crippen LogP contribution >= 0.6 is 45.5 Å². The Hall–Kier alpha value is -10.9. The van der Waals surface area contributed by atoms with Crippen LogP contribution in [0.25, 0.3) is 69.5 Å². The molecule has 0 bridgehead atoms. The number of para-hydroxylation sites is 5. The summed E-state index contributed by atoms with van der Waals surface area (Å²) in [5, 5.41) is 10.8. The zero-order valence-electron chi connectivity index (χ0n) is 82.1. The fraction of sp³-hybridized carbons (Fsp3) is 0.364. The van der Waals surface area contributed by atoms with Crippen LogP contribution in [0.3, 0.4) is 0 Å². The van der Waals surface area contributed by atoms with Crippen molar-refractivity contribution in [2.75, 3.05) is 0 Å². The molecule has 0 spiro atoms. The molecule has 0 fully saturated rings. The van der Waals surface area contributed by atoms with Crippen molar-refractivity contribution in [1.82, 2.24) is 38.8 Å². The molecule has 748 valence electrons. The second kappa shape index (κ2) is 104. The molecule has 0 saturated heterocycles. The molecule has 0 N–H and O–H groups in total. The Morgan fingerprint density at radius 2 is 0.746 bits per heavy atom. The van der Waals surface area contributed by atoms with Gasteiger partial charge >= 0.3 is 0 Å². The summed E-state index contributed by atoms with van der Waals surface area (Å²) in [7, 11) is 0. The summed E-state index contributed by atoms with van der Waals surface area (Å²) >= 11 is 6.95. The van der Waals surface area contributed by atoms with Crippen LogP contribution in [0.5, 0.6) is 0 Å². The van der Waals surface area contributed by atoms with E-state index in [9.17, 15) is 0 Å². The van der Waals surface area contributed by atoms with Gasteiger partial charge in [0.15, 0.2) is 0 Å². The molecule has 10 heterocycles. The predicted molar refractivity (Wildman–Crippen MR) is 633 cm³/mol. The van der Waals surface area contributed by atoms with Crippen molar-refractivity contribution in [1.29, 1.82) is 0 Å². The highest BCUT2D eigenvalue weighted by Crippen LogP contribution is 2.26. The molecule has 8 aromatic carbocycles. The van der Waals surface area contributed by atoms with Gasteiger partial charge in [-0.25, -0.2) is 15.0 Å². The van der Waals surface area contributed by atoms with Crippen LogP contribution in [0.15, 0.2) is 320 Å². The van der Waals surface area contributed by atoms with Crippen molar-refractivity contribution >= 4 is 109 Å². The Morgan fingerprint density at radius 3 is 1.17 bits per heavy atom. The standard InChI is InChI=1S/C15H13N.2C10H9N.C9H8O.2C8H7NS.C7H8.2C6H8S.C5H6N2.C5H5N.11C2H6.10CH4/c1-12-11-16(13-7-3-2-4-8-13)15-10-6-5-9-14(12)15;1-8-6-9-4-2-3-5-10(9)7-11-8;1-8-6-7-9-4-2-3-5-10(9)11-8;1-7-6-10-9-5-3-2-4-8(7)9;1-6-9-7-4-2-3-5-8(7)10-6;1-6-7-4-2-3-5-8(7)10-9-6;1-7-5-3-2-4-6-7;1-5-3-6(2)7-4-5;1-5-3-4-6(2)7-5;1-5-6-3-2-4-7-5;1-2-4-6-5-3-1;11*1-2;;;;;;;;;;/h2-11H,1H3;2*2-7H,1H3;2-6H,1H3;2*2-5H,1H3;2-6H,1H3;2*3-4H,1-2H3;2-4H,1H3;1-5H;11*1-2H3;10*1H4. The number of rotatable bonds is 1. The van der Waals surface area contributed by atoms with Gasteiger partial charge in [-0.1, -0.05) is 402 Å². The number of aryl methyl sites for hydroxylation is 12. The number of benzene rings is 8. The molecule has 0 aliphatic carbocycles. The van der Waals surface area contributed by atoms with Gasteiger partial charge in [-0.15, -0.1) is 34.0 Å². The van der Waals surface area contributed by atoms with Gasteiger partial charge in [0.1, 0.15) is 11.4 Å². The van der Waals surface area contributed by atoms with E-state index in [4.69, 9.17) is 4.42 Å². The molecule has 18 aromatic rings. The van der Waals surface area contributed by atoms with Crippen molar-refractivity contribution in [2.24, 2.45) is 0 Å². The molecule has 13 heteroatoms. The second-order valence-corrected chi connectivity index (χ2v) is 28.2. The van der Waals surface area contributed by atoms with E-state index >= 15 is 0 Å². The highest BCUT2D eigenvalue weighted by Gasteiger charge is 2.06. The Kier molecular flexibility index (Phi) is 120. The van der Waals surface area contributed by atoms with E-state index in [1.807, 2.05) is 339 Å². The maximum atomic E-state index is 5.25. The van der Waals surface area contributed by atoms with Crippen LogP contribution < -0.4 is 0 Å². The van der Waals surface area contributed by atoms with Gasteiger partial charge in [0.05, 0.1) is 42.9 Å². The maximum absolute atomic E-state index is 5.25. The second-order valence-electron chi connectivity index (χ2n) is 23.6. The number of thiophene rings is 2. The average molecular weight is 1910 g/mol. The maximum Gasteiger partial charge on any atom is 0.134 e. The first-order valence-electron chi connectivity index (χ1n) is 44.5. The summed E-state index contributed by atoms with van der Waals surface area (Å²) in [5.41, 5.74) is 14.2. The monoisotopic (exact) mass is 1900 g/mol. The number of furan rings is 1. The smallest absolute Gasteiger partial charge is 0.134 e. The van der Waals surface area contributed by atoms with Gasteiger partial charge in [-0.05, 0) is 219 Å². The molecule has 0 radical (unpaired) electrons. The minimum Gasteiger partial charge on any atom is -0.464 e. The quantitative estimate of drug-likeness (QED) is 0.160. The number of thiazole rings is 1. The molecular weight excluding hydrogens is 1710 g/mol. The molecule has 0 atom stereocenters.